The van der Waals surface area contributed by atoms with Gasteiger partial charge in [0.2, 0.25) is 0 Å². The summed E-state index contributed by atoms with van der Waals surface area (Å²) in [7, 11) is 0. The number of anilines is 3. The van der Waals surface area contributed by atoms with Crippen molar-refractivity contribution in [2.24, 2.45) is 0 Å². The van der Waals surface area contributed by atoms with Crippen molar-refractivity contribution in [1.82, 2.24) is 4.98 Å². The highest BCUT2D eigenvalue weighted by Crippen LogP contribution is 2.58. The topological polar surface area (TPSA) is 16.1 Å². The van der Waals surface area contributed by atoms with E-state index in [4.69, 9.17) is 4.98 Å². The number of fused-ring (bicyclic) bond motifs is 8. The number of hydrogen-bond acceptors (Lipinski definition) is 2. The Morgan fingerprint density at radius 2 is 0.968 bits per heavy atom. The fraction of sp³-hybridized carbons (Fsp3) is 0.0656. The molecule has 9 aromatic carbocycles. The molecule has 0 unspecified atom stereocenters. The first-order valence-electron chi connectivity index (χ1n) is 21.9. The van der Waals surface area contributed by atoms with Crippen molar-refractivity contribution in [3.63, 3.8) is 0 Å². The first-order chi connectivity index (χ1) is 31.0. The molecule has 63 heavy (non-hydrogen) atoms. The molecule has 0 atom stereocenters. The number of rotatable bonds is 7. The zero-order chi connectivity index (χ0) is 42.1. The Balaban J connectivity index is 1.00. The van der Waals surface area contributed by atoms with E-state index >= 15 is 0 Å². The van der Waals surface area contributed by atoms with Crippen LogP contribution in [0.25, 0.3) is 55.4 Å². The Kier molecular flexibility index (Phi) is 8.45. The summed E-state index contributed by atoms with van der Waals surface area (Å²) in [4.78, 5) is 7.65. The van der Waals surface area contributed by atoms with E-state index in [1.54, 1.807) is 0 Å². The van der Waals surface area contributed by atoms with E-state index in [1.165, 1.54) is 77.5 Å². The maximum atomic E-state index is 5.30. The van der Waals surface area contributed by atoms with E-state index in [0.717, 1.165) is 28.3 Å². The van der Waals surface area contributed by atoms with Gasteiger partial charge in [-0.15, -0.1) is 0 Å². The molecule has 0 amide bonds. The number of hydrogen-bond donors (Lipinski definition) is 0. The van der Waals surface area contributed by atoms with Gasteiger partial charge in [0, 0.05) is 22.4 Å². The molecular weight excluding hydrogens is 761 g/mol. The first-order valence-corrected chi connectivity index (χ1v) is 21.9. The minimum atomic E-state index is -0.517. The molecule has 12 rings (SSSR count). The lowest BCUT2D eigenvalue weighted by atomic mass is 9.67. The Hall–Kier alpha value is -7.81. The van der Waals surface area contributed by atoms with Gasteiger partial charge in [-0.3, -0.25) is 4.98 Å². The van der Waals surface area contributed by atoms with Crippen molar-refractivity contribution in [2.75, 3.05) is 4.90 Å². The number of aromatic nitrogens is 1. The molecule has 2 aliphatic carbocycles. The molecule has 298 valence electrons. The minimum absolute atomic E-state index is 0.124. The zero-order valence-corrected chi connectivity index (χ0v) is 35.3. The molecule has 1 heterocycles. The van der Waals surface area contributed by atoms with Gasteiger partial charge in [-0.05, 0) is 120 Å². The summed E-state index contributed by atoms with van der Waals surface area (Å²) in [5, 5.41) is 2.52. The second-order valence-electron chi connectivity index (χ2n) is 17.5. The predicted molar refractivity (Wildman–Crippen MR) is 262 cm³/mol. The van der Waals surface area contributed by atoms with Crippen LogP contribution in [-0.2, 0) is 10.8 Å². The second kappa shape index (κ2) is 14.4. The molecule has 10 aromatic rings. The van der Waals surface area contributed by atoms with E-state index in [2.05, 4.69) is 243 Å². The Morgan fingerprint density at radius 1 is 0.381 bits per heavy atom. The zero-order valence-electron chi connectivity index (χ0n) is 35.3. The third-order valence-corrected chi connectivity index (χ3v) is 13.8. The van der Waals surface area contributed by atoms with E-state index in [0.29, 0.717) is 0 Å². The number of nitrogens with zero attached hydrogens (tertiary/aromatic N) is 2. The molecule has 0 radical (unpaired) electrons. The van der Waals surface area contributed by atoms with Crippen LogP contribution in [0.4, 0.5) is 17.1 Å². The summed E-state index contributed by atoms with van der Waals surface area (Å²) in [6, 6.07) is 82.3. The van der Waals surface area contributed by atoms with Crippen LogP contribution in [-0.4, -0.2) is 4.98 Å². The summed E-state index contributed by atoms with van der Waals surface area (Å²) >= 11 is 0. The highest BCUT2D eigenvalue weighted by atomic mass is 15.1. The fourth-order valence-corrected chi connectivity index (χ4v) is 10.8. The van der Waals surface area contributed by atoms with Crippen LogP contribution < -0.4 is 4.90 Å². The third kappa shape index (κ3) is 5.68. The van der Waals surface area contributed by atoms with Gasteiger partial charge in [-0.2, -0.15) is 0 Å². The highest BCUT2D eigenvalue weighted by Gasteiger charge is 2.47. The molecule has 0 N–H and O–H groups in total. The van der Waals surface area contributed by atoms with Crippen LogP contribution in [0.1, 0.15) is 47.2 Å². The molecule has 1 aromatic heterocycles. The van der Waals surface area contributed by atoms with Crippen LogP contribution in [0.15, 0.2) is 231 Å². The average molecular weight is 805 g/mol. The van der Waals surface area contributed by atoms with Crippen LogP contribution >= 0.6 is 0 Å². The van der Waals surface area contributed by atoms with Gasteiger partial charge in [-0.1, -0.05) is 196 Å². The number of pyridine rings is 1. The Bertz CT molecular complexity index is 3290. The molecule has 0 bridgehead atoms. The summed E-state index contributed by atoms with van der Waals surface area (Å²) in [5.41, 5.74) is 20.0. The van der Waals surface area contributed by atoms with Gasteiger partial charge in [0.15, 0.2) is 0 Å². The van der Waals surface area contributed by atoms with Crippen molar-refractivity contribution in [3.05, 3.63) is 264 Å². The minimum Gasteiger partial charge on any atom is -0.309 e. The van der Waals surface area contributed by atoms with Gasteiger partial charge < -0.3 is 4.90 Å². The quantitative estimate of drug-likeness (QED) is 0.160. The van der Waals surface area contributed by atoms with Crippen LogP contribution in [0.3, 0.4) is 0 Å². The Labute approximate surface area is 369 Å². The van der Waals surface area contributed by atoms with Gasteiger partial charge in [0.1, 0.15) is 0 Å². The van der Waals surface area contributed by atoms with E-state index < -0.39 is 5.41 Å². The van der Waals surface area contributed by atoms with Crippen molar-refractivity contribution >= 4 is 27.8 Å². The first kappa shape index (κ1) is 37.0. The van der Waals surface area contributed by atoms with E-state index in [1.807, 2.05) is 6.20 Å². The van der Waals surface area contributed by atoms with E-state index in [9.17, 15) is 0 Å². The van der Waals surface area contributed by atoms with Gasteiger partial charge in [-0.25, -0.2) is 0 Å². The highest BCUT2D eigenvalue weighted by molar-refractivity contribution is 6.04. The lowest BCUT2D eigenvalue weighted by Crippen LogP contribution is -2.28. The van der Waals surface area contributed by atoms with Crippen LogP contribution in [0.5, 0.6) is 0 Å². The van der Waals surface area contributed by atoms with Gasteiger partial charge in [0.25, 0.3) is 0 Å². The van der Waals surface area contributed by atoms with Crippen molar-refractivity contribution in [3.8, 4) is 44.6 Å². The molecule has 2 aliphatic rings. The maximum Gasteiger partial charge on any atom is 0.0714 e. The summed E-state index contributed by atoms with van der Waals surface area (Å²) in [6.07, 6.45) is 2.05. The molecule has 2 heteroatoms. The van der Waals surface area contributed by atoms with Crippen molar-refractivity contribution in [2.45, 2.75) is 24.7 Å². The monoisotopic (exact) mass is 804 g/mol. The maximum absolute atomic E-state index is 5.30. The molecule has 0 spiro atoms. The molecule has 0 saturated heterocycles. The van der Waals surface area contributed by atoms with Crippen LogP contribution in [0, 0.1) is 0 Å². The molecule has 0 aliphatic heterocycles. The lowest BCUT2D eigenvalue weighted by Gasteiger charge is -2.34. The van der Waals surface area contributed by atoms with Gasteiger partial charge in [0.05, 0.1) is 23.0 Å². The van der Waals surface area contributed by atoms with Gasteiger partial charge >= 0.3 is 0 Å². The third-order valence-electron chi connectivity index (χ3n) is 13.8. The van der Waals surface area contributed by atoms with Crippen molar-refractivity contribution in [1.29, 1.82) is 0 Å². The second-order valence-corrected chi connectivity index (χ2v) is 17.5. The smallest absolute Gasteiger partial charge is 0.0714 e. The largest absolute Gasteiger partial charge is 0.309 e. The molecular formula is C61H44N2. The normalized spacial score (nSPS) is 13.8. The lowest BCUT2D eigenvalue weighted by molar-refractivity contribution is 0.660. The summed E-state index contributed by atoms with van der Waals surface area (Å²) in [5.74, 6) is 0. The summed E-state index contributed by atoms with van der Waals surface area (Å²) < 4.78 is 0. The van der Waals surface area contributed by atoms with Crippen LogP contribution in [0.2, 0.25) is 0 Å². The van der Waals surface area contributed by atoms with E-state index in [-0.39, 0.29) is 5.41 Å². The molecule has 0 fully saturated rings. The standard InChI is InChI=1S/C61H44N2/c1-60(2)54-25-15-14-24-51(54)52-35-32-48(39-56(52)60)63(47-30-26-42(27-31-47)41-16-6-3-7-17-41)49-33-37-58(62-40-49)44-28-34-53-57(38-44)61(45-19-8-4-9-20-45,46-21-10-5-11-22-46)55-36-29-43-18-12-13-23-50(43)59(53)55/h3-40H,1-2H3. The number of benzene rings is 9. The molecule has 2 nitrogen and oxygen atoms in total. The summed E-state index contributed by atoms with van der Waals surface area (Å²) in [6.45, 7) is 4.69. The van der Waals surface area contributed by atoms with Crippen molar-refractivity contribution < 1.29 is 0 Å². The predicted octanol–water partition coefficient (Wildman–Crippen LogP) is 15.7. The average Bonchev–Trinajstić information content (AvgIpc) is 3.78. The Morgan fingerprint density at radius 3 is 1.70 bits per heavy atom. The molecule has 0 saturated carbocycles. The fourth-order valence-electron chi connectivity index (χ4n) is 10.8. The SMILES string of the molecule is CC1(C)c2ccccc2-c2ccc(N(c3ccc(-c4ccccc4)cc3)c3ccc(-c4ccc5c(c4)C(c4ccccc4)(c4ccccc4)c4ccc6ccccc6c4-5)nc3)cc21.